The standard InChI is InChI=1S/C12H18/c1-7-10-3-8-2-9-4-11(7)12(10,5-8)6-9/h7-11H,2-6H2,1H3. The maximum atomic E-state index is 2.53. The van der Waals surface area contributed by atoms with Crippen LogP contribution in [0.25, 0.3) is 0 Å². The van der Waals surface area contributed by atoms with E-state index in [0.717, 1.165) is 11.3 Å². The zero-order valence-corrected chi connectivity index (χ0v) is 7.92. The first-order chi connectivity index (χ1) is 5.79. The van der Waals surface area contributed by atoms with E-state index < -0.39 is 0 Å². The Labute approximate surface area is 74.7 Å². The predicted octanol–water partition coefficient (Wildman–Crippen LogP) is 3.08. The van der Waals surface area contributed by atoms with Gasteiger partial charge in [-0.2, -0.15) is 0 Å². The van der Waals surface area contributed by atoms with Gasteiger partial charge in [0.25, 0.3) is 0 Å². The van der Waals surface area contributed by atoms with E-state index in [-0.39, 0.29) is 0 Å². The molecule has 0 saturated heterocycles. The molecular weight excluding hydrogens is 144 g/mol. The highest BCUT2D eigenvalue weighted by molar-refractivity contribution is 5.18. The maximum Gasteiger partial charge on any atom is -0.0230 e. The van der Waals surface area contributed by atoms with Gasteiger partial charge in [-0.05, 0) is 67.1 Å². The van der Waals surface area contributed by atoms with Gasteiger partial charge in [0.1, 0.15) is 0 Å². The molecule has 0 aromatic carbocycles. The number of hydrogen-bond donors (Lipinski definition) is 0. The zero-order chi connectivity index (χ0) is 7.92. The van der Waals surface area contributed by atoms with Gasteiger partial charge in [-0.1, -0.05) is 6.92 Å². The molecule has 0 amide bonds. The van der Waals surface area contributed by atoms with E-state index in [1.54, 1.807) is 32.1 Å². The fraction of sp³-hybridized carbons (Fsp3) is 1.00. The van der Waals surface area contributed by atoms with Crippen LogP contribution in [0, 0.1) is 35.0 Å². The van der Waals surface area contributed by atoms with Crippen molar-refractivity contribution in [1.82, 2.24) is 0 Å². The molecule has 4 aliphatic rings. The third-order valence-electron chi connectivity index (χ3n) is 5.92. The van der Waals surface area contributed by atoms with Crippen molar-refractivity contribution in [3.63, 3.8) is 0 Å². The summed E-state index contributed by atoms with van der Waals surface area (Å²) in [6.07, 6.45) is 8.14. The van der Waals surface area contributed by atoms with Gasteiger partial charge in [-0.15, -0.1) is 0 Å². The minimum Gasteiger partial charge on any atom is -0.0619 e. The van der Waals surface area contributed by atoms with Crippen molar-refractivity contribution in [3.05, 3.63) is 0 Å². The molecule has 0 aliphatic heterocycles. The molecule has 12 heavy (non-hydrogen) atoms. The monoisotopic (exact) mass is 162 g/mol. The molecule has 66 valence electrons. The molecule has 4 unspecified atom stereocenters. The third-order valence-corrected chi connectivity index (χ3v) is 5.92. The molecule has 4 saturated carbocycles. The average molecular weight is 162 g/mol. The van der Waals surface area contributed by atoms with Crippen molar-refractivity contribution < 1.29 is 0 Å². The Morgan fingerprint density at radius 3 is 2.08 bits per heavy atom. The minimum absolute atomic E-state index is 0.938. The van der Waals surface area contributed by atoms with Gasteiger partial charge >= 0.3 is 0 Å². The molecule has 3 bridgehead atoms. The summed E-state index contributed by atoms with van der Waals surface area (Å²) in [5.74, 6) is 5.81. The highest BCUT2D eigenvalue weighted by Crippen LogP contribution is 2.77. The van der Waals surface area contributed by atoms with Crippen LogP contribution in [0.3, 0.4) is 0 Å². The smallest absolute Gasteiger partial charge is 0.0230 e. The first kappa shape index (κ1) is 6.45. The van der Waals surface area contributed by atoms with Gasteiger partial charge in [0.05, 0.1) is 0 Å². The lowest BCUT2D eigenvalue weighted by atomic mass is 9.50. The first-order valence-corrected chi connectivity index (χ1v) is 5.79. The topological polar surface area (TPSA) is 0 Å². The summed E-state index contributed by atoms with van der Waals surface area (Å²) in [4.78, 5) is 0. The summed E-state index contributed by atoms with van der Waals surface area (Å²) in [5, 5.41) is 0. The lowest BCUT2D eigenvalue weighted by Gasteiger charge is -2.55. The van der Waals surface area contributed by atoms with Gasteiger partial charge in [-0.25, -0.2) is 0 Å². The molecular formula is C12H18. The van der Waals surface area contributed by atoms with Crippen LogP contribution in [0.1, 0.15) is 39.0 Å². The Morgan fingerprint density at radius 1 is 0.917 bits per heavy atom. The van der Waals surface area contributed by atoms with Gasteiger partial charge in [0, 0.05) is 0 Å². The Kier molecular flexibility index (Phi) is 0.875. The highest BCUT2D eigenvalue weighted by atomic mass is 14.7. The zero-order valence-electron chi connectivity index (χ0n) is 7.92. The maximum absolute atomic E-state index is 2.53. The normalized spacial score (nSPS) is 71.2. The largest absolute Gasteiger partial charge is 0.0619 e. The second-order valence-corrected chi connectivity index (χ2v) is 6.15. The molecule has 4 atom stereocenters. The van der Waals surface area contributed by atoms with E-state index in [2.05, 4.69) is 6.92 Å². The van der Waals surface area contributed by atoms with Crippen LogP contribution in [0.15, 0.2) is 0 Å². The van der Waals surface area contributed by atoms with Crippen LogP contribution in [-0.4, -0.2) is 0 Å². The predicted molar refractivity (Wildman–Crippen MR) is 48.6 cm³/mol. The third kappa shape index (κ3) is 0.459. The molecule has 0 heteroatoms. The van der Waals surface area contributed by atoms with Crippen molar-refractivity contribution >= 4 is 0 Å². The van der Waals surface area contributed by atoms with Gasteiger partial charge in [0.15, 0.2) is 0 Å². The van der Waals surface area contributed by atoms with Crippen LogP contribution in [0.2, 0.25) is 0 Å². The van der Waals surface area contributed by atoms with Crippen molar-refractivity contribution in [3.8, 4) is 0 Å². The van der Waals surface area contributed by atoms with Crippen molar-refractivity contribution in [1.29, 1.82) is 0 Å². The summed E-state index contributed by atoms with van der Waals surface area (Å²) < 4.78 is 0. The van der Waals surface area contributed by atoms with Crippen LogP contribution >= 0.6 is 0 Å². The average Bonchev–Trinajstić information content (AvgIpc) is 2.44. The van der Waals surface area contributed by atoms with E-state index in [1.807, 2.05) is 0 Å². The van der Waals surface area contributed by atoms with Crippen LogP contribution < -0.4 is 0 Å². The van der Waals surface area contributed by atoms with E-state index in [9.17, 15) is 0 Å². The van der Waals surface area contributed by atoms with E-state index >= 15 is 0 Å². The Bertz CT molecular complexity index is 218. The quantitative estimate of drug-likeness (QED) is 0.513. The van der Waals surface area contributed by atoms with E-state index in [0.29, 0.717) is 0 Å². The van der Waals surface area contributed by atoms with E-state index in [1.165, 1.54) is 23.7 Å². The first-order valence-electron chi connectivity index (χ1n) is 5.79. The molecule has 4 aliphatic carbocycles. The fourth-order valence-electron chi connectivity index (χ4n) is 5.86. The fourth-order valence-corrected chi connectivity index (χ4v) is 5.86. The minimum atomic E-state index is 0.938. The van der Waals surface area contributed by atoms with Crippen molar-refractivity contribution in [2.24, 2.45) is 35.0 Å². The molecule has 0 N–H and O–H groups in total. The molecule has 0 nitrogen and oxygen atoms in total. The van der Waals surface area contributed by atoms with Crippen LogP contribution in [-0.2, 0) is 0 Å². The molecule has 0 heterocycles. The summed E-state index contributed by atoms with van der Waals surface area (Å²) in [6.45, 7) is 2.53. The highest BCUT2D eigenvalue weighted by Gasteiger charge is 2.69. The molecule has 4 fully saturated rings. The molecule has 4 rings (SSSR count). The Hall–Kier alpha value is 0. The number of fused-ring (bicyclic) bond motifs is 2. The second kappa shape index (κ2) is 1.63. The van der Waals surface area contributed by atoms with E-state index in [4.69, 9.17) is 0 Å². The molecule has 0 aromatic heterocycles. The number of hydrogen-bond acceptors (Lipinski definition) is 0. The summed E-state index contributed by atoms with van der Waals surface area (Å²) >= 11 is 0. The second-order valence-electron chi connectivity index (χ2n) is 6.15. The van der Waals surface area contributed by atoms with Crippen molar-refractivity contribution in [2.45, 2.75) is 39.0 Å². The SMILES string of the molecule is CC1C2CC3CC4CC1C2(C3)C4. The van der Waals surface area contributed by atoms with Crippen LogP contribution in [0.5, 0.6) is 0 Å². The lowest BCUT2D eigenvalue weighted by molar-refractivity contribution is -0.0667. The van der Waals surface area contributed by atoms with Gasteiger partial charge in [0.2, 0.25) is 0 Å². The Morgan fingerprint density at radius 2 is 1.50 bits per heavy atom. The molecule has 0 radical (unpaired) electrons. The summed E-state index contributed by atoms with van der Waals surface area (Å²) in [5.41, 5.74) is 0.938. The number of rotatable bonds is 0. The van der Waals surface area contributed by atoms with Crippen molar-refractivity contribution in [2.75, 3.05) is 0 Å². The van der Waals surface area contributed by atoms with Gasteiger partial charge in [-0.3, -0.25) is 0 Å². The summed E-state index contributed by atoms with van der Waals surface area (Å²) in [6, 6.07) is 0. The Balaban J connectivity index is 1.86. The molecule has 1 spiro atoms. The van der Waals surface area contributed by atoms with Gasteiger partial charge < -0.3 is 0 Å². The lowest BCUT2D eigenvalue weighted by Crippen LogP contribution is -2.49. The van der Waals surface area contributed by atoms with Crippen LogP contribution in [0.4, 0.5) is 0 Å². The summed E-state index contributed by atoms with van der Waals surface area (Å²) in [7, 11) is 0. The molecule has 0 aromatic rings.